The second kappa shape index (κ2) is 7.59. The van der Waals surface area contributed by atoms with Crippen LogP contribution in [0.15, 0.2) is 29.0 Å². The first-order chi connectivity index (χ1) is 13.1. The van der Waals surface area contributed by atoms with Crippen molar-refractivity contribution in [1.29, 1.82) is 0 Å². The van der Waals surface area contributed by atoms with E-state index in [4.69, 9.17) is 4.52 Å². The summed E-state index contributed by atoms with van der Waals surface area (Å²) in [5.41, 5.74) is 1.74. The number of aryl methyl sites for hydroxylation is 1. The molecule has 3 aromatic rings. The molecule has 1 amide bonds. The van der Waals surface area contributed by atoms with Gasteiger partial charge in [-0.3, -0.25) is 9.48 Å². The molecule has 0 aliphatic carbocycles. The highest BCUT2D eigenvalue weighted by Gasteiger charge is 2.30. The molecule has 0 unspecified atom stereocenters. The molecular weight excluding hydrogens is 364 g/mol. The number of carbonyl (C=O) groups is 1. The van der Waals surface area contributed by atoms with Crippen LogP contribution < -0.4 is 0 Å². The van der Waals surface area contributed by atoms with Crippen molar-refractivity contribution in [3.05, 3.63) is 35.9 Å². The molecule has 0 saturated carbocycles. The van der Waals surface area contributed by atoms with Gasteiger partial charge in [-0.1, -0.05) is 9.64 Å². The van der Waals surface area contributed by atoms with E-state index in [0.717, 1.165) is 35.7 Å². The molecule has 0 radical (unpaired) electrons. The van der Waals surface area contributed by atoms with Crippen LogP contribution in [-0.2, 0) is 4.79 Å². The lowest BCUT2D eigenvalue weighted by Gasteiger charge is -2.33. The Hall–Kier alpha value is -2.55. The average molecular weight is 386 g/mol. The number of likely N-dealkylation sites (tertiary alicyclic amines) is 1. The number of amides is 1. The molecule has 9 heteroatoms. The van der Waals surface area contributed by atoms with Gasteiger partial charge in [-0.15, -0.1) is 5.10 Å². The molecule has 1 fully saturated rings. The predicted molar refractivity (Wildman–Crippen MR) is 100 cm³/mol. The first-order valence-electron chi connectivity index (χ1n) is 9.14. The number of nitrogens with zero attached hydrogens (tertiary/aromatic N) is 6. The maximum atomic E-state index is 12.8. The molecule has 3 aromatic heterocycles. The zero-order valence-corrected chi connectivity index (χ0v) is 16.2. The van der Waals surface area contributed by atoms with E-state index < -0.39 is 0 Å². The highest BCUT2D eigenvalue weighted by atomic mass is 32.1. The Labute approximate surface area is 161 Å². The fraction of sp³-hybridized carbons (Fsp3) is 0.500. The van der Waals surface area contributed by atoms with Crippen molar-refractivity contribution in [2.24, 2.45) is 0 Å². The smallest absolute Gasteiger partial charge is 0.224 e. The summed E-state index contributed by atoms with van der Waals surface area (Å²) in [7, 11) is 0. The lowest BCUT2D eigenvalue weighted by atomic mass is 9.93. The normalized spacial score (nSPS) is 18.6. The summed E-state index contributed by atoms with van der Waals surface area (Å²) in [5.74, 6) is 1.03. The molecule has 27 heavy (non-hydrogen) atoms. The highest BCUT2D eigenvalue weighted by molar-refractivity contribution is 7.09. The summed E-state index contributed by atoms with van der Waals surface area (Å²) in [5, 5.41) is 12.5. The number of hydrogen-bond donors (Lipinski definition) is 0. The largest absolute Gasteiger partial charge is 0.355 e. The molecule has 2 atom stereocenters. The van der Waals surface area contributed by atoms with Crippen LogP contribution in [0.3, 0.4) is 0 Å². The molecular formula is C18H22N6O2S. The minimum atomic E-state index is 0.0431. The first-order valence-corrected chi connectivity index (χ1v) is 9.92. The van der Waals surface area contributed by atoms with Gasteiger partial charge in [0.15, 0.2) is 5.76 Å². The van der Waals surface area contributed by atoms with E-state index >= 15 is 0 Å². The third-order valence-corrected chi connectivity index (χ3v) is 5.73. The topological polar surface area (TPSA) is 89.9 Å². The van der Waals surface area contributed by atoms with E-state index in [0.29, 0.717) is 18.7 Å². The Bertz CT molecular complexity index is 903. The Morgan fingerprint density at radius 3 is 3.11 bits per heavy atom. The van der Waals surface area contributed by atoms with Gasteiger partial charge < -0.3 is 9.42 Å². The second-order valence-electron chi connectivity index (χ2n) is 7.04. The van der Waals surface area contributed by atoms with Crippen LogP contribution in [0.2, 0.25) is 0 Å². The zero-order chi connectivity index (χ0) is 18.8. The van der Waals surface area contributed by atoms with Crippen molar-refractivity contribution in [3.63, 3.8) is 0 Å². The summed E-state index contributed by atoms with van der Waals surface area (Å²) in [6, 6.07) is 3.82. The Kier molecular flexibility index (Phi) is 5.02. The maximum Gasteiger partial charge on any atom is 0.224 e. The van der Waals surface area contributed by atoms with Gasteiger partial charge in [-0.05, 0) is 44.3 Å². The lowest BCUT2D eigenvalue weighted by molar-refractivity contribution is -0.133. The third-order valence-electron chi connectivity index (χ3n) is 4.97. The van der Waals surface area contributed by atoms with Crippen molar-refractivity contribution in [1.82, 2.24) is 29.4 Å². The fourth-order valence-corrected chi connectivity index (χ4v) is 4.25. The quantitative estimate of drug-likeness (QED) is 0.669. The molecule has 142 valence electrons. The minimum Gasteiger partial charge on any atom is -0.355 e. The van der Waals surface area contributed by atoms with Crippen molar-refractivity contribution >= 4 is 17.4 Å². The Morgan fingerprint density at radius 1 is 1.48 bits per heavy atom. The van der Waals surface area contributed by atoms with Crippen molar-refractivity contribution < 1.29 is 9.32 Å². The van der Waals surface area contributed by atoms with Crippen LogP contribution >= 0.6 is 11.5 Å². The average Bonchev–Trinajstić information content (AvgIpc) is 3.42. The standard InChI is InChI=1S/C18H22N6O2S/c1-12-9-15(26-21-12)18-17(20-22-27-18)14-5-3-7-23(11-14)16(25)10-13(2)24-8-4-6-19-24/h4,6,8-9,13-14H,3,5,7,10-11H2,1-2H3/t13-,14+/m0/s1. The Balaban J connectivity index is 1.46. The minimum absolute atomic E-state index is 0.0431. The van der Waals surface area contributed by atoms with Crippen molar-refractivity contribution in [2.75, 3.05) is 13.1 Å². The summed E-state index contributed by atoms with van der Waals surface area (Å²) in [6.45, 7) is 5.36. The van der Waals surface area contributed by atoms with Gasteiger partial charge in [-0.2, -0.15) is 5.10 Å². The number of carbonyl (C=O) groups excluding carboxylic acids is 1. The number of piperidine rings is 1. The highest BCUT2D eigenvalue weighted by Crippen LogP contribution is 2.35. The van der Waals surface area contributed by atoms with Gasteiger partial charge in [0.05, 0.1) is 17.4 Å². The van der Waals surface area contributed by atoms with E-state index in [1.165, 1.54) is 11.5 Å². The summed E-state index contributed by atoms with van der Waals surface area (Å²) < 4.78 is 11.3. The van der Waals surface area contributed by atoms with Crippen LogP contribution in [-0.4, -0.2) is 48.4 Å². The summed E-state index contributed by atoms with van der Waals surface area (Å²) in [4.78, 5) is 15.7. The van der Waals surface area contributed by atoms with Crippen LogP contribution in [0.1, 0.15) is 49.5 Å². The molecule has 8 nitrogen and oxygen atoms in total. The van der Waals surface area contributed by atoms with Gasteiger partial charge in [-0.25, -0.2) is 0 Å². The van der Waals surface area contributed by atoms with E-state index in [-0.39, 0.29) is 17.9 Å². The van der Waals surface area contributed by atoms with E-state index in [1.807, 2.05) is 41.8 Å². The van der Waals surface area contributed by atoms with Gasteiger partial charge >= 0.3 is 0 Å². The molecule has 4 heterocycles. The van der Waals surface area contributed by atoms with Crippen molar-refractivity contribution in [2.45, 2.75) is 45.1 Å². The van der Waals surface area contributed by atoms with Crippen LogP contribution in [0.5, 0.6) is 0 Å². The summed E-state index contributed by atoms with van der Waals surface area (Å²) in [6.07, 6.45) is 6.02. The zero-order valence-electron chi connectivity index (χ0n) is 15.4. The first kappa shape index (κ1) is 17.8. The van der Waals surface area contributed by atoms with Crippen LogP contribution in [0.25, 0.3) is 10.6 Å². The van der Waals surface area contributed by atoms with Gasteiger partial charge in [0.2, 0.25) is 5.91 Å². The number of hydrogen-bond acceptors (Lipinski definition) is 7. The molecule has 4 rings (SSSR count). The van der Waals surface area contributed by atoms with E-state index in [2.05, 4.69) is 19.8 Å². The van der Waals surface area contributed by atoms with E-state index in [9.17, 15) is 4.79 Å². The molecule has 0 N–H and O–H groups in total. The summed E-state index contributed by atoms with van der Waals surface area (Å²) >= 11 is 1.32. The second-order valence-corrected chi connectivity index (χ2v) is 7.79. The van der Waals surface area contributed by atoms with Gasteiger partial charge in [0.25, 0.3) is 0 Å². The van der Waals surface area contributed by atoms with Crippen LogP contribution in [0, 0.1) is 6.92 Å². The van der Waals surface area contributed by atoms with Gasteiger partial charge in [0.1, 0.15) is 4.88 Å². The molecule has 0 aromatic carbocycles. The number of rotatable bonds is 5. The molecule has 1 aliphatic rings. The van der Waals surface area contributed by atoms with Crippen LogP contribution in [0.4, 0.5) is 0 Å². The molecule has 1 aliphatic heterocycles. The maximum absolute atomic E-state index is 12.8. The van der Waals surface area contributed by atoms with E-state index in [1.54, 1.807) is 6.20 Å². The third kappa shape index (κ3) is 3.78. The van der Waals surface area contributed by atoms with Gasteiger partial charge in [0, 0.05) is 43.9 Å². The number of aromatic nitrogens is 5. The predicted octanol–water partition coefficient (Wildman–Crippen LogP) is 3.06. The Morgan fingerprint density at radius 2 is 2.37 bits per heavy atom. The molecule has 0 spiro atoms. The molecule has 0 bridgehead atoms. The SMILES string of the molecule is Cc1cc(-c2snnc2[C@@H]2CCCN(C(=O)C[C@H](C)n3cccn3)C2)on1. The monoisotopic (exact) mass is 386 g/mol. The molecule has 1 saturated heterocycles. The fourth-order valence-electron chi connectivity index (χ4n) is 3.55. The lowest BCUT2D eigenvalue weighted by Crippen LogP contribution is -2.40. The van der Waals surface area contributed by atoms with Crippen molar-refractivity contribution in [3.8, 4) is 10.6 Å².